The molecule has 0 aliphatic heterocycles. The van der Waals surface area contributed by atoms with Gasteiger partial charge in [0.05, 0.1) is 5.02 Å². The fourth-order valence-electron chi connectivity index (χ4n) is 3.19. The van der Waals surface area contributed by atoms with Gasteiger partial charge in [0.2, 0.25) is 0 Å². The highest BCUT2D eigenvalue weighted by molar-refractivity contribution is 7.87. The summed E-state index contributed by atoms with van der Waals surface area (Å²) in [5, 5.41) is 19.4. The molecule has 152 valence electrons. The number of hydrogen-bond donors (Lipinski definition) is 3. The minimum atomic E-state index is -5.08. The molecule has 0 amide bonds. The van der Waals surface area contributed by atoms with Crippen LogP contribution in [0, 0.1) is 0 Å². The molecule has 0 radical (unpaired) electrons. The van der Waals surface area contributed by atoms with E-state index < -0.39 is 25.6 Å². The Kier molecular flexibility index (Phi) is 5.98. The van der Waals surface area contributed by atoms with Crippen LogP contribution >= 0.6 is 46.4 Å². The highest BCUT2D eigenvalue weighted by Crippen LogP contribution is 2.52. The number of halogens is 4. The third kappa shape index (κ3) is 3.65. The molecule has 0 saturated carbocycles. The van der Waals surface area contributed by atoms with Gasteiger partial charge in [-0.2, -0.15) is 8.42 Å². The summed E-state index contributed by atoms with van der Waals surface area (Å²) >= 11 is 24.9. The van der Waals surface area contributed by atoms with Gasteiger partial charge in [0.1, 0.15) is 11.5 Å². The van der Waals surface area contributed by atoms with E-state index in [1.807, 2.05) is 0 Å². The Morgan fingerprint density at radius 3 is 1.97 bits per heavy atom. The zero-order chi connectivity index (χ0) is 21.6. The first-order chi connectivity index (χ1) is 13.5. The first-order valence-corrected chi connectivity index (χ1v) is 10.8. The van der Waals surface area contributed by atoms with Gasteiger partial charge in [-0.3, -0.25) is 4.55 Å². The van der Waals surface area contributed by atoms with Crippen LogP contribution in [0.15, 0.2) is 54.6 Å². The average molecular weight is 494 g/mol. The summed E-state index contributed by atoms with van der Waals surface area (Å²) in [7, 11) is -5.08. The summed E-state index contributed by atoms with van der Waals surface area (Å²) < 4.78 is 34.1. The maximum absolute atomic E-state index is 13.0. The molecule has 0 heterocycles. The lowest BCUT2D eigenvalue weighted by molar-refractivity contribution is 0.455. The summed E-state index contributed by atoms with van der Waals surface area (Å²) in [6.45, 7) is 0. The fourth-order valence-corrected chi connectivity index (χ4v) is 5.92. The van der Waals surface area contributed by atoms with Gasteiger partial charge in [0.25, 0.3) is 10.1 Å². The van der Waals surface area contributed by atoms with Crippen LogP contribution in [0.1, 0.15) is 16.7 Å². The summed E-state index contributed by atoms with van der Waals surface area (Å²) in [6.07, 6.45) is 0. The third-order valence-electron chi connectivity index (χ3n) is 4.39. The normalized spacial score (nSPS) is 13.8. The summed E-state index contributed by atoms with van der Waals surface area (Å²) in [6, 6.07) is 11.4. The van der Waals surface area contributed by atoms with Crippen molar-refractivity contribution in [2.24, 2.45) is 0 Å². The minimum Gasteiger partial charge on any atom is -0.508 e. The number of aromatic hydroxyl groups is 2. The molecule has 0 bridgehead atoms. The molecule has 29 heavy (non-hydrogen) atoms. The highest BCUT2D eigenvalue weighted by Gasteiger charge is 2.52. The molecular formula is C19H12Cl4O5S. The van der Waals surface area contributed by atoms with Crippen LogP contribution < -0.4 is 0 Å². The van der Waals surface area contributed by atoms with E-state index in [9.17, 15) is 23.2 Å². The monoisotopic (exact) mass is 492 g/mol. The second-order valence-corrected chi connectivity index (χ2v) is 9.27. The Morgan fingerprint density at radius 1 is 0.793 bits per heavy atom. The van der Waals surface area contributed by atoms with Gasteiger partial charge in [0, 0.05) is 26.2 Å². The minimum absolute atomic E-state index is 0.0311. The van der Waals surface area contributed by atoms with Crippen LogP contribution in [0.5, 0.6) is 11.5 Å². The second-order valence-electron chi connectivity index (χ2n) is 6.08. The number of phenolic OH excluding ortho intramolecular Hbond substituents is 2. The molecule has 3 rings (SSSR count). The summed E-state index contributed by atoms with van der Waals surface area (Å²) in [5.74, 6) is -0.601. The van der Waals surface area contributed by atoms with E-state index in [1.54, 1.807) is 0 Å². The highest BCUT2D eigenvalue weighted by atomic mass is 35.5. The Labute approximate surface area is 186 Å². The van der Waals surface area contributed by atoms with Crippen molar-refractivity contribution < 1.29 is 23.2 Å². The topological polar surface area (TPSA) is 94.8 Å². The molecule has 0 fully saturated rings. The van der Waals surface area contributed by atoms with Crippen LogP contribution in [0.25, 0.3) is 0 Å². The molecule has 1 unspecified atom stereocenters. The third-order valence-corrected chi connectivity index (χ3v) is 7.07. The molecular weight excluding hydrogens is 482 g/mol. The maximum Gasteiger partial charge on any atom is 0.283 e. The molecule has 5 nitrogen and oxygen atoms in total. The van der Waals surface area contributed by atoms with Gasteiger partial charge in [-0.1, -0.05) is 64.6 Å². The number of benzene rings is 3. The van der Waals surface area contributed by atoms with E-state index >= 15 is 0 Å². The van der Waals surface area contributed by atoms with E-state index in [2.05, 4.69) is 0 Å². The molecule has 0 saturated heterocycles. The maximum atomic E-state index is 13.0. The lowest BCUT2D eigenvalue weighted by atomic mass is 9.83. The molecule has 0 aliphatic rings. The number of phenols is 2. The van der Waals surface area contributed by atoms with Gasteiger partial charge >= 0.3 is 0 Å². The smallest absolute Gasteiger partial charge is 0.283 e. The molecule has 0 aromatic heterocycles. The molecule has 0 spiro atoms. The SMILES string of the molecule is O=S(=O)(O)C(c1ccc(O)cc1)(c1ccc(Cl)cc1Cl)c1c(Cl)ccc(O)c1Cl. The lowest BCUT2D eigenvalue weighted by Gasteiger charge is -2.34. The van der Waals surface area contributed by atoms with Crippen LogP contribution in [0.2, 0.25) is 20.1 Å². The van der Waals surface area contributed by atoms with Gasteiger partial charge in [-0.15, -0.1) is 0 Å². The Hall–Kier alpha value is -1.67. The van der Waals surface area contributed by atoms with Crippen molar-refractivity contribution in [1.82, 2.24) is 0 Å². The molecule has 0 aliphatic carbocycles. The molecule has 3 N–H and O–H groups in total. The van der Waals surface area contributed by atoms with E-state index in [0.717, 1.165) is 0 Å². The number of rotatable bonds is 4. The first kappa shape index (κ1) is 22.0. The standard InChI is InChI=1S/C19H12Cl4O5S/c20-11-3-6-13(15(22)9-11)19(29(26,27)28,10-1-4-12(24)5-2-10)17-14(21)7-8-16(25)18(17)23/h1-9,24-25H,(H,26,27,28). The van der Waals surface area contributed by atoms with Crippen LogP contribution in [-0.2, 0) is 14.9 Å². The van der Waals surface area contributed by atoms with Crippen molar-refractivity contribution in [1.29, 1.82) is 0 Å². The van der Waals surface area contributed by atoms with Gasteiger partial charge < -0.3 is 10.2 Å². The molecule has 10 heteroatoms. The van der Waals surface area contributed by atoms with Crippen molar-refractivity contribution in [3.63, 3.8) is 0 Å². The van der Waals surface area contributed by atoms with Gasteiger partial charge in [0.15, 0.2) is 4.75 Å². The van der Waals surface area contributed by atoms with Crippen molar-refractivity contribution in [3.8, 4) is 11.5 Å². The molecule has 1 atom stereocenters. The predicted molar refractivity (Wildman–Crippen MR) is 114 cm³/mol. The summed E-state index contributed by atoms with van der Waals surface area (Å²) in [5.41, 5.74) is -0.444. The average Bonchev–Trinajstić information content (AvgIpc) is 2.63. The van der Waals surface area contributed by atoms with Crippen LogP contribution in [-0.4, -0.2) is 23.2 Å². The quantitative estimate of drug-likeness (QED) is 0.311. The first-order valence-electron chi connectivity index (χ1n) is 7.89. The largest absolute Gasteiger partial charge is 0.508 e. The molecule has 3 aromatic carbocycles. The van der Waals surface area contributed by atoms with E-state index in [0.29, 0.717) is 0 Å². The van der Waals surface area contributed by atoms with Gasteiger partial charge in [-0.25, -0.2) is 0 Å². The van der Waals surface area contributed by atoms with Crippen molar-refractivity contribution in [2.75, 3.05) is 0 Å². The van der Waals surface area contributed by atoms with Crippen LogP contribution in [0.4, 0.5) is 0 Å². The molecule has 3 aromatic rings. The predicted octanol–water partition coefficient (Wildman–Crippen LogP) is 5.89. The van der Waals surface area contributed by atoms with Crippen molar-refractivity contribution in [2.45, 2.75) is 4.75 Å². The summed E-state index contributed by atoms with van der Waals surface area (Å²) in [4.78, 5) is 0. The van der Waals surface area contributed by atoms with Gasteiger partial charge in [-0.05, 0) is 42.0 Å². The van der Waals surface area contributed by atoms with E-state index in [4.69, 9.17) is 46.4 Å². The Morgan fingerprint density at radius 2 is 1.41 bits per heavy atom. The van der Waals surface area contributed by atoms with E-state index in [-0.39, 0.29) is 37.5 Å². The second kappa shape index (κ2) is 7.87. The van der Waals surface area contributed by atoms with Crippen molar-refractivity contribution in [3.05, 3.63) is 91.4 Å². The Bertz CT molecular complexity index is 1200. The Balaban J connectivity index is 2.63. The zero-order valence-electron chi connectivity index (χ0n) is 14.3. The van der Waals surface area contributed by atoms with E-state index in [1.165, 1.54) is 54.6 Å². The van der Waals surface area contributed by atoms with Crippen LogP contribution in [0.3, 0.4) is 0 Å². The number of hydrogen-bond acceptors (Lipinski definition) is 4. The lowest BCUT2D eigenvalue weighted by Crippen LogP contribution is -2.39. The fraction of sp³-hybridized carbons (Fsp3) is 0.0526. The zero-order valence-corrected chi connectivity index (χ0v) is 18.1. The van der Waals surface area contributed by atoms with Crippen molar-refractivity contribution >= 4 is 56.5 Å².